The Morgan fingerprint density at radius 2 is 1.84 bits per heavy atom. The summed E-state index contributed by atoms with van der Waals surface area (Å²) in [7, 11) is 1.62. The number of hydrogen-bond acceptors (Lipinski definition) is 4. The summed E-state index contributed by atoms with van der Waals surface area (Å²) in [5, 5.41) is 5.85. The molecule has 0 spiro atoms. The Morgan fingerprint density at radius 1 is 1.19 bits per heavy atom. The molecule has 2 N–H and O–H groups in total. The molecule has 1 aliphatic rings. The fraction of sp³-hybridized carbons (Fsp3) is 0.542. The predicted octanol–water partition coefficient (Wildman–Crippen LogP) is 4.76. The Balaban J connectivity index is 2.24. The molecule has 3 amide bonds. The van der Waals surface area contributed by atoms with E-state index in [9.17, 15) is 14.4 Å². The highest BCUT2D eigenvalue weighted by molar-refractivity contribution is 5.95. The van der Waals surface area contributed by atoms with E-state index in [1.165, 1.54) is 4.90 Å². The van der Waals surface area contributed by atoms with E-state index in [2.05, 4.69) is 17.6 Å². The fourth-order valence-electron chi connectivity index (χ4n) is 3.60. The standard InChI is InChI=1S/C24H35N3O4/c1-7-9-10-17(8-2)22(28)25-19-13-11-18(12-14-19)21-20(23(29)31-15(3)4)16(5)27(6)24(30)26-21/h11-15,17,21H,7-10H2,1-6H3,(H,25,28)(H,26,30)/t17-,21+/m1/s1. The molecule has 0 bridgehead atoms. The lowest BCUT2D eigenvalue weighted by Gasteiger charge is -2.33. The molecule has 2 rings (SSSR count). The van der Waals surface area contributed by atoms with Gasteiger partial charge in [-0.3, -0.25) is 4.79 Å². The quantitative estimate of drug-likeness (QED) is 0.554. The van der Waals surface area contributed by atoms with Crippen LogP contribution in [0.15, 0.2) is 35.5 Å². The molecule has 0 radical (unpaired) electrons. The van der Waals surface area contributed by atoms with E-state index in [0.29, 0.717) is 17.0 Å². The minimum absolute atomic E-state index is 0.00390. The number of nitrogens with zero attached hydrogens (tertiary/aromatic N) is 1. The largest absolute Gasteiger partial charge is 0.459 e. The summed E-state index contributed by atoms with van der Waals surface area (Å²) in [6.07, 6.45) is 3.51. The molecule has 1 aromatic carbocycles. The third kappa shape index (κ3) is 6.09. The summed E-state index contributed by atoms with van der Waals surface area (Å²) >= 11 is 0. The Hall–Kier alpha value is -2.83. The highest BCUT2D eigenvalue weighted by Crippen LogP contribution is 2.31. The SMILES string of the molecule is CCCC[C@@H](CC)C(=O)Nc1ccc([C@@H]2NC(=O)N(C)C(C)=C2C(=O)OC(C)C)cc1. The van der Waals surface area contributed by atoms with Crippen molar-refractivity contribution in [2.24, 2.45) is 5.92 Å². The van der Waals surface area contributed by atoms with Crippen LogP contribution in [0.4, 0.5) is 10.5 Å². The molecule has 1 aromatic rings. The minimum atomic E-state index is -0.618. The van der Waals surface area contributed by atoms with Crippen LogP contribution in [0.3, 0.4) is 0 Å². The van der Waals surface area contributed by atoms with Crippen molar-refractivity contribution in [1.82, 2.24) is 10.2 Å². The molecule has 1 heterocycles. The fourth-order valence-corrected chi connectivity index (χ4v) is 3.60. The van der Waals surface area contributed by atoms with Gasteiger partial charge >= 0.3 is 12.0 Å². The van der Waals surface area contributed by atoms with Crippen LogP contribution in [0, 0.1) is 5.92 Å². The first-order valence-electron chi connectivity index (χ1n) is 11.1. The lowest BCUT2D eigenvalue weighted by molar-refractivity contribution is -0.143. The molecule has 170 valence electrons. The first-order valence-corrected chi connectivity index (χ1v) is 11.1. The number of amides is 3. The Kier molecular flexibility index (Phi) is 8.65. The lowest BCUT2D eigenvalue weighted by atomic mass is 9.94. The maximum Gasteiger partial charge on any atom is 0.338 e. The molecule has 7 nitrogen and oxygen atoms in total. The summed E-state index contributed by atoms with van der Waals surface area (Å²) in [6, 6.07) is 6.31. The number of carbonyl (C=O) groups excluding carboxylic acids is 3. The molecule has 0 aromatic heterocycles. The van der Waals surface area contributed by atoms with Gasteiger partial charge in [0.2, 0.25) is 5.91 Å². The molecule has 1 aliphatic heterocycles. The van der Waals surface area contributed by atoms with Gasteiger partial charge in [0.15, 0.2) is 0 Å². The van der Waals surface area contributed by atoms with Crippen molar-refractivity contribution < 1.29 is 19.1 Å². The smallest absolute Gasteiger partial charge is 0.338 e. The lowest BCUT2D eigenvalue weighted by Crippen LogP contribution is -2.46. The maximum absolute atomic E-state index is 12.7. The second-order valence-corrected chi connectivity index (χ2v) is 8.25. The number of nitrogens with one attached hydrogen (secondary N) is 2. The Labute approximate surface area is 185 Å². The van der Waals surface area contributed by atoms with Gasteiger partial charge < -0.3 is 20.3 Å². The van der Waals surface area contributed by atoms with Gasteiger partial charge in [-0.1, -0.05) is 38.8 Å². The van der Waals surface area contributed by atoms with Crippen molar-refractivity contribution in [1.29, 1.82) is 0 Å². The number of unbranched alkanes of at least 4 members (excludes halogenated alkanes) is 1. The number of allylic oxidation sites excluding steroid dienone is 1. The third-order valence-electron chi connectivity index (χ3n) is 5.60. The van der Waals surface area contributed by atoms with Crippen molar-refractivity contribution in [2.75, 3.05) is 12.4 Å². The summed E-state index contributed by atoms with van der Waals surface area (Å²) in [4.78, 5) is 39.1. The van der Waals surface area contributed by atoms with Crippen molar-refractivity contribution in [3.05, 3.63) is 41.1 Å². The first-order chi connectivity index (χ1) is 14.7. The van der Waals surface area contributed by atoms with Crippen LogP contribution in [-0.2, 0) is 14.3 Å². The first kappa shape index (κ1) is 24.4. The number of urea groups is 1. The van der Waals surface area contributed by atoms with E-state index >= 15 is 0 Å². The average molecular weight is 430 g/mol. The van der Waals surface area contributed by atoms with Gasteiger partial charge in [-0.25, -0.2) is 9.59 Å². The molecule has 31 heavy (non-hydrogen) atoms. The number of anilines is 1. The molecule has 2 atom stereocenters. The number of esters is 1. The zero-order valence-corrected chi connectivity index (χ0v) is 19.5. The van der Waals surface area contributed by atoms with Gasteiger partial charge in [0.1, 0.15) is 0 Å². The number of rotatable bonds is 9. The van der Waals surface area contributed by atoms with Crippen LogP contribution in [-0.4, -0.2) is 36.0 Å². The molecule has 0 unspecified atom stereocenters. The molecule has 0 saturated carbocycles. The van der Waals surface area contributed by atoms with E-state index < -0.39 is 12.0 Å². The third-order valence-corrected chi connectivity index (χ3v) is 5.60. The summed E-state index contributed by atoms with van der Waals surface area (Å²) in [5.74, 6) is -0.438. The van der Waals surface area contributed by atoms with Crippen LogP contribution in [0.1, 0.15) is 71.9 Å². The predicted molar refractivity (Wildman–Crippen MR) is 121 cm³/mol. The van der Waals surface area contributed by atoms with Crippen LogP contribution in [0.2, 0.25) is 0 Å². The number of benzene rings is 1. The highest BCUT2D eigenvalue weighted by Gasteiger charge is 2.35. The van der Waals surface area contributed by atoms with Gasteiger partial charge in [-0.05, 0) is 51.3 Å². The number of ether oxygens (including phenoxy) is 1. The van der Waals surface area contributed by atoms with Gasteiger partial charge in [0, 0.05) is 24.4 Å². The van der Waals surface area contributed by atoms with Crippen LogP contribution in [0.5, 0.6) is 0 Å². The van der Waals surface area contributed by atoms with Gasteiger partial charge in [0.25, 0.3) is 0 Å². The Morgan fingerprint density at radius 3 is 2.39 bits per heavy atom. The zero-order valence-electron chi connectivity index (χ0n) is 19.5. The average Bonchev–Trinajstić information content (AvgIpc) is 2.72. The summed E-state index contributed by atoms with van der Waals surface area (Å²) in [6.45, 7) is 9.45. The molecule has 7 heteroatoms. The molecule has 0 saturated heterocycles. The Bertz CT molecular complexity index is 830. The molecule has 0 aliphatic carbocycles. The van der Waals surface area contributed by atoms with E-state index in [0.717, 1.165) is 31.2 Å². The van der Waals surface area contributed by atoms with E-state index in [1.54, 1.807) is 40.0 Å². The van der Waals surface area contributed by atoms with E-state index in [-0.39, 0.29) is 24.0 Å². The normalized spacial score (nSPS) is 17.5. The summed E-state index contributed by atoms with van der Waals surface area (Å²) in [5.41, 5.74) is 2.39. The summed E-state index contributed by atoms with van der Waals surface area (Å²) < 4.78 is 5.41. The van der Waals surface area contributed by atoms with E-state index in [4.69, 9.17) is 4.74 Å². The number of hydrogen-bond donors (Lipinski definition) is 2. The topological polar surface area (TPSA) is 87.7 Å². The zero-order chi connectivity index (χ0) is 23.1. The monoisotopic (exact) mass is 429 g/mol. The van der Waals surface area contributed by atoms with Crippen molar-refractivity contribution >= 4 is 23.6 Å². The molecule has 0 fully saturated rings. The minimum Gasteiger partial charge on any atom is -0.459 e. The van der Waals surface area contributed by atoms with Crippen molar-refractivity contribution in [3.8, 4) is 0 Å². The van der Waals surface area contributed by atoms with Crippen molar-refractivity contribution in [2.45, 2.75) is 72.4 Å². The second-order valence-electron chi connectivity index (χ2n) is 8.25. The van der Waals surface area contributed by atoms with Crippen LogP contribution < -0.4 is 10.6 Å². The molecular weight excluding hydrogens is 394 g/mol. The van der Waals surface area contributed by atoms with Crippen LogP contribution in [0.25, 0.3) is 0 Å². The maximum atomic E-state index is 12.7. The second kappa shape index (κ2) is 11.0. The molecular formula is C24H35N3O4. The number of carbonyl (C=O) groups is 3. The van der Waals surface area contributed by atoms with Gasteiger partial charge in [-0.15, -0.1) is 0 Å². The van der Waals surface area contributed by atoms with Crippen LogP contribution >= 0.6 is 0 Å². The highest BCUT2D eigenvalue weighted by atomic mass is 16.5. The van der Waals surface area contributed by atoms with Gasteiger partial charge in [0.05, 0.1) is 17.7 Å². The van der Waals surface area contributed by atoms with Gasteiger partial charge in [-0.2, -0.15) is 0 Å². The van der Waals surface area contributed by atoms with E-state index in [1.807, 2.05) is 19.1 Å². The van der Waals surface area contributed by atoms with Crippen molar-refractivity contribution in [3.63, 3.8) is 0 Å².